The number of carboxylic acids is 1. The number of benzene rings is 2. The highest BCUT2D eigenvalue weighted by molar-refractivity contribution is 7.09. The van der Waals surface area contributed by atoms with E-state index in [1.807, 2.05) is 47.8 Å². The number of fused-ring (bicyclic) bond motifs is 1. The highest BCUT2D eigenvalue weighted by Crippen LogP contribution is 2.34. The van der Waals surface area contributed by atoms with Gasteiger partial charge >= 0.3 is 12.0 Å². The Balaban J connectivity index is 1.40. The molecular weight excluding hydrogens is 456 g/mol. The number of carbonyl (C=O) groups is 2. The van der Waals surface area contributed by atoms with Crippen LogP contribution in [-0.2, 0) is 22.6 Å². The number of urea groups is 1. The minimum Gasteiger partial charge on any atom is -0.481 e. The molecule has 178 valence electrons. The molecule has 0 fully saturated rings. The van der Waals surface area contributed by atoms with Crippen LogP contribution in [0.3, 0.4) is 0 Å². The number of aliphatic carboxylic acids is 1. The van der Waals surface area contributed by atoms with Gasteiger partial charge in [-0.05, 0) is 34.7 Å². The molecule has 34 heavy (non-hydrogen) atoms. The zero-order chi connectivity index (χ0) is 23.8. The van der Waals surface area contributed by atoms with Crippen LogP contribution in [0.25, 0.3) is 0 Å². The number of carbonyl (C=O) groups excluding carboxylic acids is 1. The molecule has 2 heterocycles. The van der Waals surface area contributed by atoms with E-state index in [0.717, 1.165) is 10.4 Å². The second-order valence-electron chi connectivity index (χ2n) is 7.86. The zero-order valence-corrected chi connectivity index (χ0v) is 19.3. The van der Waals surface area contributed by atoms with Crippen LogP contribution in [0.1, 0.15) is 28.5 Å². The second kappa shape index (κ2) is 11.5. The molecular formula is C25H26N2O6S. The van der Waals surface area contributed by atoms with E-state index in [2.05, 4.69) is 10.6 Å². The molecule has 1 aliphatic heterocycles. The Morgan fingerprint density at radius 1 is 1.03 bits per heavy atom. The molecule has 2 unspecified atom stereocenters. The summed E-state index contributed by atoms with van der Waals surface area (Å²) in [7, 11) is 0. The molecule has 3 aromatic rings. The molecule has 3 N–H and O–H groups in total. The predicted molar refractivity (Wildman–Crippen MR) is 127 cm³/mol. The van der Waals surface area contributed by atoms with E-state index in [1.54, 1.807) is 29.5 Å². The number of hydrogen-bond donors (Lipinski definition) is 3. The van der Waals surface area contributed by atoms with Crippen LogP contribution in [0.4, 0.5) is 4.79 Å². The van der Waals surface area contributed by atoms with E-state index in [4.69, 9.17) is 14.2 Å². The Hall–Kier alpha value is -3.56. The Kier molecular flexibility index (Phi) is 8.00. The first-order chi connectivity index (χ1) is 16.6. The Bertz CT molecular complexity index is 1090. The summed E-state index contributed by atoms with van der Waals surface area (Å²) in [5.41, 5.74) is 1.67. The van der Waals surface area contributed by atoms with Gasteiger partial charge in [0.25, 0.3) is 0 Å². The molecule has 4 rings (SSSR count). The molecule has 2 amide bonds. The second-order valence-corrected chi connectivity index (χ2v) is 8.89. The van der Waals surface area contributed by atoms with Crippen molar-refractivity contribution in [1.82, 2.24) is 10.6 Å². The largest absolute Gasteiger partial charge is 0.481 e. The first kappa shape index (κ1) is 23.6. The molecule has 0 radical (unpaired) electrons. The first-order valence-corrected chi connectivity index (χ1v) is 11.8. The van der Waals surface area contributed by atoms with Crippen molar-refractivity contribution < 1.29 is 28.9 Å². The highest BCUT2D eigenvalue weighted by atomic mass is 32.1. The lowest BCUT2D eigenvalue weighted by molar-refractivity contribution is -0.137. The molecule has 0 aliphatic carbocycles. The summed E-state index contributed by atoms with van der Waals surface area (Å²) < 4.78 is 16.6. The SMILES string of the molecule is O=C(O)CC(NC(=O)NC(COCc1ccccc1)Cc1cccs1)c1ccc2c(c1)OCO2. The third kappa shape index (κ3) is 6.72. The topological polar surface area (TPSA) is 106 Å². The maximum Gasteiger partial charge on any atom is 0.315 e. The number of amides is 2. The van der Waals surface area contributed by atoms with Gasteiger partial charge in [0.2, 0.25) is 6.79 Å². The van der Waals surface area contributed by atoms with Crippen molar-refractivity contribution in [2.75, 3.05) is 13.4 Å². The summed E-state index contributed by atoms with van der Waals surface area (Å²) in [5, 5.41) is 17.1. The number of rotatable bonds is 11. The summed E-state index contributed by atoms with van der Waals surface area (Å²) in [6, 6.07) is 17.4. The molecule has 2 atom stereocenters. The first-order valence-electron chi connectivity index (χ1n) is 10.9. The van der Waals surface area contributed by atoms with Gasteiger partial charge in [0.15, 0.2) is 11.5 Å². The molecule has 1 aromatic heterocycles. The number of hydrogen-bond acceptors (Lipinski definition) is 6. The van der Waals surface area contributed by atoms with Crippen LogP contribution >= 0.6 is 11.3 Å². The van der Waals surface area contributed by atoms with Gasteiger partial charge < -0.3 is 30.0 Å². The van der Waals surface area contributed by atoms with E-state index in [-0.39, 0.29) is 19.3 Å². The lowest BCUT2D eigenvalue weighted by Crippen LogP contribution is -2.46. The van der Waals surface area contributed by atoms with E-state index >= 15 is 0 Å². The molecule has 0 saturated heterocycles. The number of thiophene rings is 1. The van der Waals surface area contributed by atoms with Crippen molar-refractivity contribution in [2.45, 2.75) is 31.5 Å². The summed E-state index contributed by atoms with van der Waals surface area (Å²) in [5.74, 6) is 0.0955. The van der Waals surface area contributed by atoms with Crippen molar-refractivity contribution in [1.29, 1.82) is 0 Å². The van der Waals surface area contributed by atoms with Crippen LogP contribution in [-0.4, -0.2) is 36.5 Å². The normalized spacial score (nSPS) is 13.8. The van der Waals surface area contributed by atoms with E-state index in [0.29, 0.717) is 36.7 Å². The number of nitrogens with one attached hydrogen (secondary N) is 2. The fourth-order valence-corrected chi connectivity index (χ4v) is 4.44. The standard InChI is InChI=1S/C25H26N2O6S/c28-24(29)13-21(18-8-9-22-23(11-18)33-16-32-22)27-25(30)26-19(12-20-7-4-10-34-20)15-31-14-17-5-2-1-3-6-17/h1-11,19,21H,12-16H2,(H,28,29)(H2,26,27,30). The van der Waals surface area contributed by atoms with Gasteiger partial charge in [0.05, 0.1) is 31.7 Å². The van der Waals surface area contributed by atoms with Gasteiger partial charge in [-0.1, -0.05) is 42.5 Å². The maximum atomic E-state index is 12.9. The van der Waals surface area contributed by atoms with Crippen LogP contribution in [0, 0.1) is 0 Å². The lowest BCUT2D eigenvalue weighted by atomic mass is 10.0. The van der Waals surface area contributed by atoms with Crippen molar-refractivity contribution in [2.24, 2.45) is 0 Å². The minimum atomic E-state index is -1.02. The Morgan fingerprint density at radius 2 is 1.85 bits per heavy atom. The van der Waals surface area contributed by atoms with Crippen molar-refractivity contribution >= 4 is 23.3 Å². The third-order valence-electron chi connectivity index (χ3n) is 5.28. The van der Waals surface area contributed by atoms with Gasteiger partial charge in [-0.3, -0.25) is 4.79 Å². The molecule has 1 aliphatic rings. The molecule has 2 aromatic carbocycles. The Morgan fingerprint density at radius 3 is 2.62 bits per heavy atom. The minimum absolute atomic E-state index is 0.115. The summed E-state index contributed by atoms with van der Waals surface area (Å²) in [6.45, 7) is 0.863. The molecule has 8 nitrogen and oxygen atoms in total. The third-order valence-corrected chi connectivity index (χ3v) is 6.18. The number of carboxylic acid groups (broad SMARTS) is 1. The Labute approximate surface area is 201 Å². The molecule has 0 saturated carbocycles. The fraction of sp³-hybridized carbons (Fsp3) is 0.280. The van der Waals surface area contributed by atoms with Gasteiger partial charge in [-0.15, -0.1) is 11.3 Å². The van der Waals surface area contributed by atoms with Gasteiger partial charge in [0.1, 0.15) is 0 Å². The summed E-state index contributed by atoms with van der Waals surface area (Å²) in [6.07, 6.45) is 0.334. The van der Waals surface area contributed by atoms with Crippen molar-refractivity contribution in [3.8, 4) is 11.5 Å². The molecule has 9 heteroatoms. The van der Waals surface area contributed by atoms with Crippen molar-refractivity contribution in [3.05, 3.63) is 82.0 Å². The van der Waals surface area contributed by atoms with Crippen molar-refractivity contribution in [3.63, 3.8) is 0 Å². The summed E-state index contributed by atoms with van der Waals surface area (Å²) >= 11 is 1.61. The highest BCUT2D eigenvalue weighted by Gasteiger charge is 2.23. The average Bonchev–Trinajstić information content (AvgIpc) is 3.50. The smallest absolute Gasteiger partial charge is 0.315 e. The van der Waals surface area contributed by atoms with E-state index in [1.165, 1.54) is 0 Å². The van der Waals surface area contributed by atoms with Crippen LogP contribution < -0.4 is 20.1 Å². The van der Waals surface area contributed by atoms with Crippen LogP contribution in [0.5, 0.6) is 11.5 Å². The van der Waals surface area contributed by atoms with Gasteiger partial charge in [-0.2, -0.15) is 0 Å². The lowest BCUT2D eigenvalue weighted by Gasteiger charge is -2.22. The van der Waals surface area contributed by atoms with E-state index < -0.39 is 18.0 Å². The quantitative estimate of drug-likeness (QED) is 0.380. The van der Waals surface area contributed by atoms with Gasteiger partial charge in [-0.25, -0.2) is 4.79 Å². The van der Waals surface area contributed by atoms with Gasteiger partial charge in [0, 0.05) is 11.3 Å². The number of ether oxygens (including phenoxy) is 3. The maximum absolute atomic E-state index is 12.9. The summed E-state index contributed by atoms with van der Waals surface area (Å²) in [4.78, 5) is 25.5. The molecule has 0 spiro atoms. The van der Waals surface area contributed by atoms with E-state index in [9.17, 15) is 14.7 Å². The van der Waals surface area contributed by atoms with Crippen LogP contribution in [0.15, 0.2) is 66.0 Å². The molecule has 0 bridgehead atoms. The average molecular weight is 483 g/mol. The predicted octanol–water partition coefficient (Wildman–Crippen LogP) is 4.12. The van der Waals surface area contributed by atoms with Crippen LogP contribution in [0.2, 0.25) is 0 Å². The monoisotopic (exact) mass is 482 g/mol. The fourth-order valence-electron chi connectivity index (χ4n) is 3.66. The zero-order valence-electron chi connectivity index (χ0n) is 18.4.